The topological polar surface area (TPSA) is 128 Å². The van der Waals surface area contributed by atoms with Gasteiger partial charge >= 0.3 is 0 Å². The van der Waals surface area contributed by atoms with Gasteiger partial charge in [-0.1, -0.05) is 29.0 Å². The molecule has 11 heteroatoms. The molecule has 1 atom stereocenters. The molecule has 1 heterocycles. The van der Waals surface area contributed by atoms with Crippen LogP contribution in [0.3, 0.4) is 0 Å². The Labute approximate surface area is 176 Å². The number of thiazole rings is 1. The number of nitro groups is 1. The fraction of sp³-hybridized carbons (Fsp3) is 0.158. The summed E-state index contributed by atoms with van der Waals surface area (Å²) in [5.74, 6) is 0.0491. The van der Waals surface area contributed by atoms with Crippen molar-refractivity contribution in [2.45, 2.75) is 29.1 Å². The molecule has 0 unspecified atom stereocenters. The summed E-state index contributed by atoms with van der Waals surface area (Å²) in [5, 5.41) is 13.3. The Bertz CT molecular complexity index is 1170. The van der Waals surface area contributed by atoms with Gasteiger partial charge in [0.05, 0.1) is 16.0 Å². The molecular formula is C19H17N3O6S2. The average molecular weight is 447 g/mol. The highest BCUT2D eigenvalue weighted by molar-refractivity contribution is 7.93. The zero-order valence-corrected chi connectivity index (χ0v) is 17.6. The van der Waals surface area contributed by atoms with Crippen LogP contribution in [0.4, 0.5) is 10.8 Å². The van der Waals surface area contributed by atoms with Gasteiger partial charge in [0.15, 0.2) is 11.2 Å². The van der Waals surface area contributed by atoms with Crippen molar-refractivity contribution in [1.82, 2.24) is 4.98 Å². The standard InChI is InChI=1S/C19H17N3O6S2/c1-12-3-7-15(8-4-12)28-13(2)18(23)21-19-20-11-17(29-19)30(26,27)16-9-5-14(6-10-16)22(24)25/h3-11,13H,1-2H3,(H,20,21,23)/t13-/m0/s1. The molecule has 0 aliphatic carbocycles. The Morgan fingerprint density at radius 2 is 1.80 bits per heavy atom. The predicted molar refractivity (Wildman–Crippen MR) is 111 cm³/mol. The minimum absolute atomic E-state index is 0.0971. The Morgan fingerprint density at radius 1 is 1.17 bits per heavy atom. The third-order valence-corrected chi connectivity index (χ3v) is 7.18. The summed E-state index contributed by atoms with van der Waals surface area (Å²) < 4.78 is 30.8. The zero-order valence-electron chi connectivity index (χ0n) is 15.9. The molecule has 9 nitrogen and oxygen atoms in total. The first kappa shape index (κ1) is 21.4. The van der Waals surface area contributed by atoms with Crippen LogP contribution in [0, 0.1) is 17.0 Å². The third kappa shape index (κ3) is 4.81. The van der Waals surface area contributed by atoms with E-state index >= 15 is 0 Å². The number of aromatic nitrogens is 1. The van der Waals surface area contributed by atoms with Crippen molar-refractivity contribution < 1.29 is 22.9 Å². The number of nitrogens with one attached hydrogen (secondary N) is 1. The minimum Gasteiger partial charge on any atom is -0.481 e. The number of nitro benzene ring substituents is 1. The molecular weight excluding hydrogens is 430 g/mol. The van der Waals surface area contributed by atoms with E-state index in [-0.39, 0.29) is 19.9 Å². The minimum atomic E-state index is -3.92. The maximum Gasteiger partial charge on any atom is 0.269 e. The first-order valence-electron chi connectivity index (χ1n) is 8.66. The number of hydrogen-bond donors (Lipinski definition) is 1. The van der Waals surface area contributed by atoms with E-state index < -0.39 is 26.8 Å². The van der Waals surface area contributed by atoms with Crippen LogP contribution in [-0.4, -0.2) is 30.3 Å². The lowest BCUT2D eigenvalue weighted by atomic mass is 10.2. The predicted octanol–water partition coefficient (Wildman–Crippen LogP) is 3.60. The molecule has 156 valence electrons. The molecule has 0 aliphatic heterocycles. The van der Waals surface area contributed by atoms with Crippen molar-refractivity contribution in [3.63, 3.8) is 0 Å². The van der Waals surface area contributed by atoms with Crippen LogP contribution in [0.1, 0.15) is 12.5 Å². The van der Waals surface area contributed by atoms with E-state index in [0.29, 0.717) is 5.75 Å². The van der Waals surface area contributed by atoms with E-state index in [1.54, 1.807) is 19.1 Å². The van der Waals surface area contributed by atoms with E-state index in [2.05, 4.69) is 10.3 Å². The van der Waals surface area contributed by atoms with E-state index in [1.807, 2.05) is 19.1 Å². The van der Waals surface area contributed by atoms with Crippen molar-refractivity contribution in [3.8, 4) is 5.75 Å². The number of carbonyl (C=O) groups is 1. The van der Waals surface area contributed by atoms with Crippen molar-refractivity contribution >= 4 is 37.9 Å². The van der Waals surface area contributed by atoms with Crippen LogP contribution in [0.15, 0.2) is 63.8 Å². The molecule has 30 heavy (non-hydrogen) atoms. The molecule has 0 fully saturated rings. The number of carbonyl (C=O) groups excluding carboxylic acids is 1. The maximum atomic E-state index is 12.7. The van der Waals surface area contributed by atoms with E-state index in [0.717, 1.165) is 47.4 Å². The number of nitrogens with zero attached hydrogens (tertiary/aromatic N) is 2. The molecule has 0 radical (unpaired) electrons. The Balaban J connectivity index is 1.69. The van der Waals surface area contributed by atoms with Crippen LogP contribution >= 0.6 is 11.3 Å². The summed E-state index contributed by atoms with van der Waals surface area (Å²) in [6.07, 6.45) is 0.300. The summed E-state index contributed by atoms with van der Waals surface area (Å²) in [5.41, 5.74) is 0.845. The van der Waals surface area contributed by atoms with Gasteiger partial charge in [0, 0.05) is 12.1 Å². The van der Waals surface area contributed by atoms with Gasteiger partial charge in [0.1, 0.15) is 9.96 Å². The van der Waals surface area contributed by atoms with Crippen LogP contribution < -0.4 is 10.1 Å². The first-order valence-corrected chi connectivity index (χ1v) is 11.0. The summed E-state index contributed by atoms with van der Waals surface area (Å²) in [7, 11) is -3.92. The highest BCUT2D eigenvalue weighted by Gasteiger charge is 2.23. The van der Waals surface area contributed by atoms with Gasteiger partial charge in [0.25, 0.3) is 11.6 Å². The molecule has 3 rings (SSSR count). The van der Waals surface area contributed by atoms with Gasteiger partial charge in [-0.15, -0.1) is 0 Å². The molecule has 1 aromatic heterocycles. The summed E-state index contributed by atoms with van der Waals surface area (Å²) >= 11 is 0.779. The van der Waals surface area contributed by atoms with E-state index in [9.17, 15) is 23.3 Å². The second kappa shape index (κ2) is 8.59. The van der Waals surface area contributed by atoms with E-state index in [4.69, 9.17) is 4.74 Å². The molecule has 0 saturated heterocycles. The smallest absolute Gasteiger partial charge is 0.269 e. The number of aryl methyl sites for hydroxylation is 1. The number of sulfone groups is 1. The van der Waals surface area contributed by atoms with Gasteiger partial charge < -0.3 is 4.74 Å². The number of non-ortho nitro benzene ring substituents is 1. The fourth-order valence-corrected chi connectivity index (χ4v) is 4.82. The third-order valence-electron chi connectivity index (χ3n) is 4.04. The number of benzene rings is 2. The van der Waals surface area contributed by atoms with Crippen molar-refractivity contribution in [3.05, 3.63) is 70.4 Å². The summed E-state index contributed by atoms with van der Waals surface area (Å²) in [6.45, 7) is 3.50. The van der Waals surface area contributed by atoms with Gasteiger partial charge in [-0.2, -0.15) is 0 Å². The maximum absolute atomic E-state index is 12.7. The van der Waals surface area contributed by atoms with Crippen LogP contribution in [0.25, 0.3) is 0 Å². The molecule has 2 aromatic carbocycles. The molecule has 0 bridgehead atoms. The quantitative estimate of drug-likeness (QED) is 0.433. The van der Waals surface area contributed by atoms with E-state index in [1.165, 1.54) is 0 Å². The number of ether oxygens (including phenoxy) is 1. The second-order valence-corrected chi connectivity index (χ2v) is 9.51. The van der Waals surface area contributed by atoms with Crippen molar-refractivity contribution in [2.24, 2.45) is 0 Å². The number of hydrogen-bond acceptors (Lipinski definition) is 8. The van der Waals surface area contributed by atoms with Gasteiger partial charge in [-0.25, -0.2) is 13.4 Å². The second-order valence-electron chi connectivity index (χ2n) is 6.30. The average Bonchev–Trinajstić information content (AvgIpc) is 3.19. The van der Waals surface area contributed by atoms with Gasteiger partial charge in [-0.3, -0.25) is 20.2 Å². The molecule has 3 aromatic rings. The fourth-order valence-electron chi connectivity index (χ4n) is 2.39. The van der Waals surface area contributed by atoms with Crippen LogP contribution in [-0.2, 0) is 14.6 Å². The van der Waals surface area contributed by atoms with Crippen LogP contribution in [0.5, 0.6) is 5.75 Å². The highest BCUT2D eigenvalue weighted by atomic mass is 32.2. The number of amides is 1. The SMILES string of the molecule is Cc1ccc(O[C@@H](C)C(=O)Nc2ncc(S(=O)(=O)c3ccc([N+](=O)[O-])cc3)s2)cc1. The Kier molecular flexibility index (Phi) is 6.13. The van der Waals surface area contributed by atoms with Crippen molar-refractivity contribution in [1.29, 1.82) is 0 Å². The van der Waals surface area contributed by atoms with Crippen LogP contribution in [0.2, 0.25) is 0 Å². The van der Waals surface area contributed by atoms with Crippen molar-refractivity contribution in [2.75, 3.05) is 5.32 Å². The molecule has 0 aliphatic rings. The molecule has 1 amide bonds. The monoisotopic (exact) mass is 447 g/mol. The lowest BCUT2D eigenvalue weighted by Gasteiger charge is -2.13. The Morgan fingerprint density at radius 3 is 2.40 bits per heavy atom. The first-order chi connectivity index (χ1) is 14.2. The summed E-state index contributed by atoms with van der Waals surface area (Å²) in [4.78, 5) is 26.3. The number of anilines is 1. The summed E-state index contributed by atoms with van der Waals surface area (Å²) in [6, 6.07) is 11.7. The number of rotatable bonds is 7. The van der Waals surface area contributed by atoms with Gasteiger partial charge in [-0.05, 0) is 38.1 Å². The lowest BCUT2D eigenvalue weighted by molar-refractivity contribution is -0.384. The molecule has 1 N–H and O–H groups in total. The normalized spacial score (nSPS) is 12.2. The molecule has 0 saturated carbocycles. The zero-order chi connectivity index (χ0) is 21.9. The largest absolute Gasteiger partial charge is 0.481 e. The Hall–Kier alpha value is -3.31. The molecule has 0 spiro atoms. The van der Waals surface area contributed by atoms with Gasteiger partial charge in [0.2, 0.25) is 9.84 Å². The lowest BCUT2D eigenvalue weighted by Crippen LogP contribution is -2.30. The highest BCUT2D eigenvalue weighted by Crippen LogP contribution is 2.29.